The third-order valence-electron chi connectivity index (χ3n) is 2.32. The Morgan fingerprint density at radius 2 is 2.00 bits per heavy atom. The van der Waals surface area contributed by atoms with Crippen LogP contribution in [0.2, 0.25) is 0 Å². The van der Waals surface area contributed by atoms with Gasteiger partial charge in [0.2, 0.25) is 0 Å². The second kappa shape index (κ2) is 5.82. The van der Waals surface area contributed by atoms with Crippen LogP contribution in [-0.4, -0.2) is 20.3 Å². The predicted octanol–water partition coefficient (Wildman–Crippen LogP) is 1.87. The lowest BCUT2D eigenvalue weighted by atomic mass is 10.0. The molecule has 1 unspecified atom stereocenters. The molecule has 16 heavy (non-hydrogen) atoms. The molecule has 0 aromatic heterocycles. The third kappa shape index (κ3) is 3.18. The highest BCUT2D eigenvalue weighted by atomic mass is 19.1. The Bertz CT molecular complexity index is 353. The van der Waals surface area contributed by atoms with Gasteiger partial charge in [-0.1, -0.05) is 0 Å². The summed E-state index contributed by atoms with van der Waals surface area (Å²) in [4.78, 5) is 0. The van der Waals surface area contributed by atoms with Crippen LogP contribution in [0.5, 0.6) is 5.75 Å². The first-order chi connectivity index (χ1) is 7.58. The number of hydrogen-bond acceptors (Lipinski definition) is 3. The Balaban J connectivity index is 3.08. The van der Waals surface area contributed by atoms with Crippen LogP contribution >= 0.6 is 0 Å². The third-order valence-corrected chi connectivity index (χ3v) is 2.32. The standard InChI is InChI=1S/C12H18FNO2/c1-8(14)4-9-5-11(13)12(16-3)6-10(9)7-15-2/h5-6,8H,4,7,14H2,1-3H3. The number of ether oxygens (including phenoxy) is 2. The number of methoxy groups -OCH3 is 2. The second-order valence-corrected chi connectivity index (χ2v) is 3.87. The van der Waals surface area contributed by atoms with E-state index in [2.05, 4.69) is 0 Å². The molecule has 0 aliphatic carbocycles. The molecule has 4 heteroatoms. The number of halogens is 1. The molecule has 0 saturated heterocycles. The molecule has 0 heterocycles. The Labute approximate surface area is 95.4 Å². The van der Waals surface area contributed by atoms with Gasteiger partial charge in [0.15, 0.2) is 11.6 Å². The predicted molar refractivity (Wildman–Crippen MR) is 61.0 cm³/mol. The Kier molecular flexibility index (Phi) is 4.71. The molecule has 1 aromatic carbocycles. The summed E-state index contributed by atoms with van der Waals surface area (Å²) in [5.41, 5.74) is 7.50. The summed E-state index contributed by atoms with van der Waals surface area (Å²) in [5, 5.41) is 0. The van der Waals surface area contributed by atoms with Crippen molar-refractivity contribution in [2.45, 2.75) is 26.0 Å². The molecule has 0 saturated carbocycles. The van der Waals surface area contributed by atoms with Crippen LogP contribution < -0.4 is 10.5 Å². The van der Waals surface area contributed by atoms with Crippen LogP contribution in [0.25, 0.3) is 0 Å². The zero-order valence-electron chi connectivity index (χ0n) is 9.92. The summed E-state index contributed by atoms with van der Waals surface area (Å²) in [5.74, 6) is -0.126. The van der Waals surface area contributed by atoms with Crippen LogP contribution in [0.4, 0.5) is 4.39 Å². The Morgan fingerprint density at radius 1 is 1.31 bits per heavy atom. The average Bonchev–Trinajstić information content (AvgIpc) is 2.21. The molecule has 1 rings (SSSR count). The van der Waals surface area contributed by atoms with Gasteiger partial charge in [0.05, 0.1) is 13.7 Å². The molecular weight excluding hydrogens is 209 g/mol. The van der Waals surface area contributed by atoms with Crippen LogP contribution in [0.1, 0.15) is 18.1 Å². The molecule has 3 nitrogen and oxygen atoms in total. The van der Waals surface area contributed by atoms with E-state index in [0.29, 0.717) is 13.0 Å². The van der Waals surface area contributed by atoms with Gasteiger partial charge < -0.3 is 15.2 Å². The monoisotopic (exact) mass is 227 g/mol. The van der Waals surface area contributed by atoms with Gasteiger partial charge in [-0.25, -0.2) is 4.39 Å². The van der Waals surface area contributed by atoms with Crippen LogP contribution in [-0.2, 0) is 17.8 Å². The first kappa shape index (κ1) is 12.9. The van der Waals surface area contributed by atoms with Gasteiger partial charge >= 0.3 is 0 Å². The second-order valence-electron chi connectivity index (χ2n) is 3.87. The van der Waals surface area contributed by atoms with Crippen molar-refractivity contribution in [3.63, 3.8) is 0 Å². The Hall–Kier alpha value is -1.13. The van der Waals surface area contributed by atoms with E-state index in [1.165, 1.54) is 13.2 Å². The molecule has 0 aliphatic rings. The normalized spacial score (nSPS) is 12.6. The molecule has 1 aromatic rings. The lowest BCUT2D eigenvalue weighted by Gasteiger charge is -2.13. The van der Waals surface area contributed by atoms with E-state index in [0.717, 1.165) is 11.1 Å². The van der Waals surface area contributed by atoms with E-state index in [1.54, 1.807) is 13.2 Å². The summed E-state index contributed by atoms with van der Waals surface area (Å²) in [6.45, 7) is 2.32. The summed E-state index contributed by atoms with van der Waals surface area (Å²) >= 11 is 0. The summed E-state index contributed by atoms with van der Waals surface area (Å²) in [6, 6.07) is 3.12. The van der Waals surface area contributed by atoms with Crippen LogP contribution in [0, 0.1) is 5.82 Å². The molecule has 90 valence electrons. The van der Waals surface area contributed by atoms with E-state index in [-0.39, 0.29) is 17.6 Å². The first-order valence-electron chi connectivity index (χ1n) is 5.18. The Morgan fingerprint density at radius 3 is 2.50 bits per heavy atom. The number of hydrogen-bond donors (Lipinski definition) is 1. The van der Waals surface area contributed by atoms with Crippen LogP contribution in [0.3, 0.4) is 0 Å². The minimum Gasteiger partial charge on any atom is -0.494 e. The van der Waals surface area contributed by atoms with Crippen molar-refractivity contribution in [1.82, 2.24) is 0 Å². The van der Waals surface area contributed by atoms with E-state index in [9.17, 15) is 4.39 Å². The number of nitrogens with two attached hydrogens (primary N) is 1. The minimum absolute atomic E-state index is 0.0107. The largest absolute Gasteiger partial charge is 0.494 e. The highest BCUT2D eigenvalue weighted by molar-refractivity contribution is 5.37. The van der Waals surface area contributed by atoms with E-state index in [4.69, 9.17) is 15.2 Å². The molecule has 0 radical (unpaired) electrons. The van der Waals surface area contributed by atoms with Gasteiger partial charge in [-0.2, -0.15) is 0 Å². The van der Waals surface area contributed by atoms with Gasteiger partial charge in [-0.05, 0) is 36.6 Å². The van der Waals surface area contributed by atoms with Crippen molar-refractivity contribution < 1.29 is 13.9 Å². The van der Waals surface area contributed by atoms with Gasteiger partial charge in [0.25, 0.3) is 0 Å². The average molecular weight is 227 g/mol. The lowest BCUT2D eigenvalue weighted by Crippen LogP contribution is -2.19. The first-order valence-corrected chi connectivity index (χ1v) is 5.18. The zero-order chi connectivity index (χ0) is 12.1. The molecule has 0 amide bonds. The van der Waals surface area contributed by atoms with E-state index in [1.807, 2.05) is 6.92 Å². The summed E-state index contributed by atoms with van der Waals surface area (Å²) in [6.07, 6.45) is 0.625. The van der Waals surface area contributed by atoms with Crippen molar-refractivity contribution in [1.29, 1.82) is 0 Å². The molecule has 0 fully saturated rings. The van der Waals surface area contributed by atoms with Crippen LogP contribution in [0.15, 0.2) is 12.1 Å². The molecule has 2 N–H and O–H groups in total. The topological polar surface area (TPSA) is 44.5 Å². The maximum Gasteiger partial charge on any atom is 0.165 e. The molecule has 0 bridgehead atoms. The van der Waals surface area contributed by atoms with Gasteiger partial charge in [0.1, 0.15) is 0 Å². The van der Waals surface area contributed by atoms with Crippen molar-refractivity contribution in [2.24, 2.45) is 5.73 Å². The van der Waals surface area contributed by atoms with E-state index < -0.39 is 0 Å². The minimum atomic E-state index is -0.363. The fourth-order valence-corrected chi connectivity index (χ4v) is 1.62. The van der Waals surface area contributed by atoms with Crippen molar-refractivity contribution in [3.05, 3.63) is 29.1 Å². The summed E-state index contributed by atoms with van der Waals surface area (Å²) < 4.78 is 23.5. The summed E-state index contributed by atoms with van der Waals surface area (Å²) in [7, 11) is 3.05. The highest BCUT2D eigenvalue weighted by Crippen LogP contribution is 2.23. The van der Waals surface area contributed by atoms with Gasteiger partial charge in [-0.15, -0.1) is 0 Å². The molecular formula is C12H18FNO2. The zero-order valence-corrected chi connectivity index (χ0v) is 9.92. The number of rotatable bonds is 5. The smallest absolute Gasteiger partial charge is 0.165 e. The van der Waals surface area contributed by atoms with Crippen molar-refractivity contribution in [2.75, 3.05) is 14.2 Å². The number of benzene rings is 1. The fourth-order valence-electron chi connectivity index (χ4n) is 1.62. The molecule has 0 spiro atoms. The maximum atomic E-state index is 13.5. The van der Waals surface area contributed by atoms with Gasteiger partial charge in [-0.3, -0.25) is 0 Å². The quantitative estimate of drug-likeness (QED) is 0.835. The van der Waals surface area contributed by atoms with Crippen molar-refractivity contribution in [3.8, 4) is 5.75 Å². The molecule has 1 atom stereocenters. The molecule has 0 aliphatic heterocycles. The lowest BCUT2D eigenvalue weighted by molar-refractivity contribution is 0.183. The van der Waals surface area contributed by atoms with Gasteiger partial charge in [0, 0.05) is 13.2 Å². The highest BCUT2D eigenvalue weighted by Gasteiger charge is 2.11. The SMILES string of the molecule is COCc1cc(OC)c(F)cc1CC(C)N. The van der Waals surface area contributed by atoms with E-state index >= 15 is 0 Å². The maximum absolute atomic E-state index is 13.5. The fraction of sp³-hybridized carbons (Fsp3) is 0.500. The van der Waals surface area contributed by atoms with Crippen molar-refractivity contribution >= 4 is 0 Å².